The summed E-state index contributed by atoms with van der Waals surface area (Å²) in [5, 5.41) is 7.87. The molecule has 0 amide bonds. The van der Waals surface area contributed by atoms with Gasteiger partial charge in [-0.3, -0.25) is 0 Å². The summed E-state index contributed by atoms with van der Waals surface area (Å²) < 4.78 is 22.1. The summed E-state index contributed by atoms with van der Waals surface area (Å²) in [4.78, 5) is 12.1. The highest BCUT2D eigenvalue weighted by Crippen LogP contribution is 2.29. The van der Waals surface area contributed by atoms with Gasteiger partial charge in [0.25, 0.3) is 5.89 Å². The molecule has 31 heavy (non-hydrogen) atoms. The van der Waals surface area contributed by atoms with Crippen molar-refractivity contribution in [1.82, 2.24) is 10.2 Å². The molecule has 0 aliphatic carbocycles. The molecule has 0 saturated heterocycles. The van der Waals surface area contributed by atoms with E-state index >= 15 is 0 Å². The van der Waals surface area contributed by atoms with E-state index in [0.29, 0.717) is 30.6 Å². The first-order valence-electron chi connectivity index (χ1n) is 10.3. The van der Waals surface area contributed by atoms with E-state index in [0.717, 1.165) is 24.0 Å². The Morgan fingerprint density at radius 1 is 1.03 bits per heavy atom. The summed E-state index contributed by atoms with van der Waals surface area (Å²) in [6.07, 6.45) is 5.04. The number of carbonyl (C=O) groups is 1. The van der Waals surface area contributed by atoms with Gasteiger partial charge >= 0.3 is 5.97 Å². The van der Waals surface area contributed by atoms with Crippen LogP contribution in [0.4, 0.5) is 0 Å². The van der Waals surface area contributed by atoms with E-state index < -0.39 is 5.97 Å². The molecule has 0 aliphatic heterocycles. The third kappa shape index (κ3) is 6.70. The third-order valence-corrected chi connectivity index (χ3v) is 4.26. The van der Waals surface area contributed by atoms with Gasteiger partial charge in [0.15, 0.2) is 18.1 Å². The average Bonchev–Trinajstić information content (AvgIpc) is 3.27. The minimum Gasteiger partial charge on any atom is -0.490 e. The number of ether oxygens (including phenoxy) is 3. The Morgan fingerprint density at radius 2 is 1.87 bits per heavy atom. The van der Waals surface area contributed by atoms with Crippen LogP contribution in [0.2, 0.25) is 0 Å². The first-order valence-corrected chi connectivity index (χ1v) is 10.3. The van der Waals surface area contributed by atoms with Gasteiger partial charge in [-0.15, -0.1) is 10.2 Å². The molecule has 1 aromatic heterocycles. The Kier molecular flexibility index (Phi) is 8.22. The second-order valence-electron chi connectivity index (χ2n) is 6.65. The van der Waals surface area contributed by atoms with Crippen molar-refractivity contribution in [2.75, 3.05) is 13.2 Å². The number of hydrogen-bond acceptors (Lipinski definition) is 7. The SMILES string of the molecule is CCCCOc1ccc(C=CC(=O)OCc2nnc(-c3ccccc3)o2)cc1OCC. The minimum absolute atomic E-state index is 0.0998. The number of esters is 1. The van der Waals surface area contributed by atoms with Crippen molar-refractivity contribution in [2.45, 2.75) is 33.3 Å². The van der Waals surface area contributed by atoms with E-state index in [4.69, 9.17) is 18.6 Å². The van der Waals surface area contributed by atoms with Crippen molar-refractivity contribution < 1.29 is 23.4 Å². The fourth-order valence-electron chi connectivity index (χ4n) is 2.70. The van der Waals surface area contributed by atoms with Gasteiger partial charge in [-0.1, -0.05) is 37.6 Å². The number of unbranched alkanes of at least 4 members (excludes halogenated alkanes) is 1. The lowest BCUT2D eigenvalue weighted by Gasteiger charge is -2.12. The molecule has 0 atom stereocenters. The molecule has 3 rings (SSSR count). The molecular weight excluding hydrogens is 396 g/mol. The zero-order valence-electron chi connectivity index (χ0n) is 17.7. The highest BCUT2D eigenvalue weighted by Gasteiger charge is 2.10. The van der Waals surface area contributed by atoms with Gasteiger partial charge in [0.05, 0.1) is 13.2 Å². The minimum atomic E-state index is -0.513. The van der Waals surface area contributed by atoms with Crippen LogP contribution in [-0.2, 0) is 16.1 Å². The van der Waals surface area contributed by atoms with Crippen molar-refractivity contribution in [3.8, 4) is 23.0 Å². The molecule has 7 nitrogen and oxygen atoms in total. The van der Waals surface area contributed by atoms with E-state index in [2.05, 4.69) is 17.1 Å². The average molecular weight is 422 g/mol. The molecule has 0 saturated carbocycles. The number of carbonyl (C=O) groups excluding carboxylic acids is 1. The van der Waals surface area contributed by atoms with Crippen molar-refractivity contribution in [1.29, 1.82) is 0 Å². The number of hydrogen-bond donors (Lipinski definition) is 0. The van der Waals surface area contributed by atoms with Crippen LogP contribution in [0.5, 0.6) is 11.5 Å². The van der Waals surface area contributed by atoms with Crippen molar-refractivity contribution >= 4 is 12.0 Å². The van der Waals surface area contributed by atoms with Gasteiger partial charge in [-0.2, -0.15) is 0 Å². The summed E-state index contributed by atoms with van der Waals surface area (Å²) in [6, 6.07) is 14.9. The normalized spacial score (nSPS) is 10.9. The van der Waals surface area contributed by atoms with E-state index in [1.807, 2.05) is 55.5 Å². The summed E-state index contributed by atoms with van der Waals surface area (Å²) >= 11 is 0. The first-order chi connectivity index (χ1) is 15.2. The number of aromatic nitrogens is 2. The number of nitrogens with zero attached hydrogens (tertiary/aromatic N) is 2. The van der Waals surface area contributed by atoms with Gasteiger partial charge in [0.2, 0.25) is 5.89 Å². The van der Waals surface area contributed by atoms with Crippen LogP contribution in [0.3, 0.4) is 0 Å². The molecule has 0 fully saturated rings. The Morgan fingerprint density at radius 3 is 2.65 bits per heavy atom. The van der Waals surface area contributed by atoms with Crippen molar-refractivity contribution in [2.24, 2.45) is 0 Å². The number of benzene rings is 2. The molecular formula is C24H26N2O5. The molecule has 0 aliphatic rings. The summed E-state index contributed by atoms with van der Waals surface area (Å²) in [5.74, 6) is 1.44. The van der Waals surface area contributed by atoms with Gasteiger partial charge < -0.3 is 18.6 Å². The molecule has 1 heterocycles. The van der Waals surface area contributed by atoms with E-state index in [1.54, 1.807) is 6.08 Å². The molecule has 3 aromatic rings. The van der Waals surface area contributed by atoms with Crippen LogP contribution >= 0.6 is 0 Å². The maximum Gasteiger partial charge on any atom is 0.331 e. The zero-order chi connectivity index (χ0) is 21.9. The second-order valence-corrected chi connectivity index (χ2v) is 6.65. The molecule has 0 spiro atoms. The topological polar surface area (TPSA) is 83.7 Å². The quantitative estimate of drug-likeness (QED) is 0.242. The van der Waals surface area contributed by atoms with Gasteiger partial charge in [0, 0.05) is 11.6 Å². The highest BCUT2D eigenvalue weighted by atomic mass is 16.5. The van der Waals surface area contributed by atoms with E-state index in [-0.39, 0.29) is 12.5 Å². The fraction of sp³-hybridized carbons (Fsp3) is 0.292. The van der Waals surface area contributed by atoms with Crippen LogP contribution in [0.1, 0.15) is 38.1 Å². The van der Waals surface area contributed by atoms with Gasteiger partial charge in [0.1, 0.15) is 0 Å². The third-order valence-electron chi connectivity index (χ3n) is 4.26. The van der Waals surface area contributed by atoms with Crippen molar-refractivity contribution in [3.05, 3.63) is 66.1 Å². The Bertz CT molecular complexity index is 998. The second kappa shape index (κ2) is 11.5. The lowest BCUT2D eigenvalue weighted by atomic mass is 10.2. The summed E-state index contributed by atoms with van der Waals surface area (Å²) in [5.41, 5.74) is 1.60. The molecule has 7 heteroatoms. The van der Waals surface area contributed by atoms with E-state index in [1.165, 1.54) is 6.08 Å². The largest absolute Gasteiger partial charge is 0.490 e. The molecule has 0 unspecified atom stereocenters. The van der Waals surface area contributed by atoms with Gasteiger partial charge in [-0.05, 0) is 49.2 Å². The molecule has 0 bridgehead atoms. The van der Waals surface area contributed by atoms with Crippen LogP contribution in [-0.4, -0.2) is 29.4 Å². The van der Waals surface area contributed by atoms with Crippen LogP contribution in [0.25, 0.3) is 17.5 Å². The lowest BCUT2D eigenvalue weighted by molar-refractivity contribution is -0.139. The molecule has 0 radical (unpaired) electrons. The maximum atomic E-state index is 12.1. The van der Waals surface area contributed by atoms with Crippen LogP contribution < -0.4 is 9.47 Å². The maximum absolute atomic E-state index is 12.1. The van der Waals surface area contributed by atoms with Crippen molar-refractivity contribution in [3.63, 3.8) is 0 Å². The monoisotopic (exact) mass is 422 g/mol. The predicted octanol–water partition coefficient (Wildman–Crippen LogP) is 5.07. The molecule has 0 N–H and O–H groups in total. The fourth-order valence-corrected chi connectivity index (χ4v) is 2.70. The Balaban J connectivity index is 1.55. The zero-order valence-corrected chi connectivity index (χ0v) is 17.7. The number of rotatable bonds is 11. The predicted molar refractivity (Wildman–Crippen MR) is 117 cm³/mol. The smallest absolute Gasteiger partial charge is 0.331 e. The summed E-state index contributed by atoms with van der Waals surface area (Å²) in [6.45, 7) is 5.09. The Hall–Kier alpha value is -3.61. The highest BCUT2D eigenvalue weighted by molar-refractivity contribution is 5.87. The molecule has 162 valence electrons. The Labute approximate surface area is 181 Å². The first kappa shape index (κ1) is 22.1. The standard InChI is InChI=1S/C24H26N2O5/c1-3-5-15-29-20-13-11-18(16-21(20)28-4-2)12-14-23(27)30-17-22-25-26-24(31-22)19-9-7-6-8-10-19/h6-14,16H,3-5,15,17H2,1-2H3. The lowest BCUT2D eigenvalue weighted by Crippen LogP contribution is -2.02. The van der Waals surface area contributed by atoms with Gasteiger partial charge in [-0.25, -0.2) is 4.79 Å². The van der Waals surface area contributed by atoms with Crippen LogP contribution in [0, 0.1) is 0 Å². The van der Waals surface area contributed by atoms with E-state index in [9.17, 15) is 4.79 Å². The molecule has 2 aromatic carbocycles. The summed E-state index contributed by atoms with van der Waals surface area (Å²) in [7, 11) is 0. The van der Waals surface area contributed by atoms with Crippen LogP contribution in [0.15, 0.2) is 59.0 Å².